The Labute approximate surface area is 115 Å². The first kappa shape index (κ1) is 12.3. The Bertz CT molecular complexity index is 793. The summed E-state index contributed by atoms with van der Waals surface area (Å²) >= 11 is 0. The van der Waals surface area contributed by atoms with Gasteiger partial charge in [-0.2, -0.15) is 5.10 Å². The van der Waals surface area contributed by atoms with Gasteiger partial charge in [0.05, 0.1) is 24.0 Å². The van der Waals surface area contributed by atoms with Gasteiger partial charge in [0.15, 0.2) is 0 Å². The Morgan fingerprint density at radius 3 is 2.95 bits per heavy atom. The van der Waals surface area contributed by atoms with Crippen molar-refractivity contribution in [3.05, 3.63) is 59.5 Å². The monoisotopic (exact) mass is 267 g/mol. The summed E-state index contributed by atoms with van der Waals surface area (Å²) < 4.78 is 1.70. The standard InChI is InChI=1S/C15H13N3O2/c1-10-13(15(19)20)8-17-18(10)9-11-4-5-14-12(7-11)3-2-6-16-14/h2-8H,9H2,1H3,(H,19,20). The van der Waals surface area contributed by atoms with Gasteiger partial charge in [0, 0.05) is 11.6 Å². The molecule has 0 saturated heterocycles. The van der Waals surface area contributed by atoms with Crippen LogP contribution in [0.2, 0.25) is 0 Å². The Hall–Kier alpha value is -2.69. The second-order valence-electron chi connectivity index (χ2n) is 4.64. The molecule has 1 N–H and O–H groups in total. The number of benzene rings is 1. The molecule has 5 heteroatoms. The lowest BCUT2D eigenvalue weighted by atomic mass is 10.1. The summed E-state index contributed by atoms with van der Waals surface area (Å²) in [6.45, 7) is 2.31. The lowest BCUT2D eigenvalue weighted by Crippen LogP contribution is -2.05. The molecule has 0 unspecified atom stereocenters. The first-order valence-electron chi connectivity index (χ1n) is 6.24. The smallest absolute Gasteiger partial charge is 0.339 e. The third-order valence-corrected chi connectivity index (χ3v) is 3.33. The Kier molecular flexibility index (Phi) is 2.95. The first-order valence-corrected chi connectivity index (χ1v) is 6.24. The molecule has 0 aliphatic heterocycles. The van der Waals surface area contributed by atoms with E-state index in [0.29, 0.717) is 12.2 Å². The first-order chi connectivity index (χ1) is 9.65. The van der Waals surface area contributed by atoms with Gasteiger partial charge < -0.3 is 5.11 Å². The van der Waals surface area contributed by atoms with Crippen LogP contribution in [-0.2, 0) is 6.54 Å². The number of pyridine rings is 1. The third kappa shape index (κ3) is 2.14. The van der Waals surface area contributed by atoms with E-state index in [1.54, 1.807) is 17.8 Å². The van der Waals surface area contributed by atoms with Crippen LogP contribution in [-0.4, -0.2) is 25.8 Å². The van der Waals surface area contributed by atoms with Crippen molar-refractivity contribution < 1.29 is 9.90 Å². The van der Waals surface area contributed by atoms with Crippen molar-refractivity contribution in [2.24, 2.45) is 0 Å². The average molecular weight is 267 g/mol. The Morgan fingerprint density at radius 2 is 2.20 bits per heavy atom. The third-order valence-electron chi connectivity index (χ3n) is 3.33. The zero-order chi connectivity index (χ0) is 14.1. The van der Waals surface area contributed by atoms with Gasteiger partial charge in [-0.15, -0.1) is 0 Å². The lowest BCUT2D eigenvalue weighted by Gasteiger charge is -2.06. The minimum Gasteiger partial charge on any atom is -0.478 e. The van der Waals surface area contributed by atoms with E-state index >= 15 is 0 Å². The molecule has 0 aliphatic rings. The van der Waals surface area contributed by atoms with E-state index in [2.05, 4.69) is 10.1 Å². The summed E-state index contributed by atoms with van der Waals surface area (Å²) in [5, 5.41) is 14.2. The minimum atomic E-state index is -0.948. The number of carboxylic acids is 1. The maximum atomic E-state index is 11.0. The highest BCUT2D eigenvalue weighted by Gasteiger charge is 2.12. The van der Waals surface area contributed by atoms with E-state index in [0.717, 1.165) is 16.5 Å². The van der Waals surface area contributed by atoms with Gasteiger partial charge in [0.1, 0.15) is 5.56 Å². The quantitative estimate of drug-likeness (QED) is 0.791. The number of aromatic nitrogens is 3. The molecular weight excluding hydrogens is 254 g/mol. The van der Waals surface area contributed by atoms with Gasteiger partial charge in [-0.05, 0) is 30.7 Å². The molecule has 0 saturated carbocycles. The van der Waals surface area contributed by atoms with Crippen molar-refractivity contribution in [3.8, 4) is 0 Å². The molecule has 0 fully saturated rings. The summed E-state index contributed by atoms with van der Waals surface area (Å²) in [4.78, 5) is 15.3. The van der Waals surface area contributed by atoms with Crippen molar-refractivity contribution in [3.63, 3.8) is 0 Å². The highest BCUT2D eigenvalue weighted by Crippen LogP contribution is 2.15. The number of aromatic carboxylic acids is 1. The van der Waals surface area contributed by atoms with E-state index in [9.17, 15) is 4.79 Å². The SMILES string of the molecule is Cc1c(C(=O)O)cnn1Cc1ccc2ncccc2c1. The molecule has 0 spiro atoms. The summed E-state index contributed by atoms with van der Waals surface area (Å²) in [6, 6.07) is 9.89. The maximum absolute atomic E-state index is 11.0. The van der Waals surface area contributed by atoms with Crippen LogP contribution in [0, 0.1) is 6.92 Å². The van der Waals surface area contributed by atoms with E-state index in [4.69, 9.17) is 5.11 Å². The van der Waals surface area contributed by atoms with Gasteiger partial charge >= 0.3 is 5.97 Å². The molecule has 0 atom stereocenters. The molecule has 0 bridgehead atoms. The molecule has 2 aromatic heterocycles. The predicted molar refractivity (Wildman–Crippen MR) is 74.8 cm³/mol. The number of nitrogens with zero attached hydrogens (tertiary/aromatic N) is 3. The fourth-order valence-corrected chi connectivity index (χ4v) is 2.21. The topological polar surface area (TPSA) is 68.0 Å². The Morgan fingerprint density at radius 1 is 1.35 bits per heavy atom. The van der Waals surface area contributed by atoms with Crippen LogP contribution in [0.15, 0.2) is 42.7 Å². The van der Waals surface area contributed by atoms with Gasteiger partial charge in [-0.1, -0.05) is 12.1 Å². The van der Waals surface area contributed by atoms with E-state index in [1.165, 1.54) is 6.20 Å². The Balaban J connectivity index is 1.95. The average Bonchev–Trinajstić information content (AvgIpc) is 2.80. The van der Waals surface area contributed by atoms with Crippen LogP contribution in [0.4, 0.5) is 0 Å². The van der Waals surface area contributed by atoms with Crippen LogP contribution in [0.1, 0.15) is 21.6 Å². The molecule has 0 amide bonds. The van der Waals surface area contributed by atoms with Crippen LogP contribution in [0.5, 0.6) is 0 Å². The molecule has 0 radical (unpaired) electrons. The summed E-state index contributed by atoms with van der Waals surface area (Å²) in [6.07, 6.45) is 3.15. The highest BCUT2D eigenvalue weighted by molar-refractivity contribution is 5.88. The normalized spacial score (nSPS) is 10.8. The molecule has 100 valence electrons. The second kappa shape index (κ2) is 4.77. The second-order valence-corrected chi connectivity index (χ2v) is 4.64. The number of hydrogen-bond donors (Lipinski definition) is 1. The molecule has 5 nitrogen and oxygen atoms in total. The van der Waals surface area contributed by atoms with E-state index in [-0.39, 0.29) is 5.56 Å². The molecule has 3 rings (SSSR count). The molecule has 1 aromatic carbocycles. The summed E-state index contributed by atoms with van der Waals surface area (Å²) in [5.74, 6) is -0.948. The van der Waals surface area contributed by atoms with Crippen LogP contribution < -0.4 is 0 Å². The maximum Gasteiger partial charge on any atom is 0.339 e. The zero-order valence-corrected chi connectivity index (χ0v) is 10.9. The van der Waals surface area contributed by atoms with Gasteiger partial charge in [-0.3, -0.25) is 9.67 Å². The van der Waals surface area contributed by atoms with Crippen LogP contribution in [0.3, 0.4) is 0 Å². The highest BCUT2D eigenvalue weighted by atomic mass is 16.4. The number of rotatable bonds is 3. The molecule has 3 aromatic rings. The van der Waals surface area contributed by atoms with Crippen LogP contribution in [0.25, 0.3) is 10.9 Å². The molecule has 0 aliphatic carbocycles. The predicted octanol–water partition coefficient (Wildman–Crippen LogP) is 2.49. The summed E-state index contributed by atoms with van der Waals surface area (Å²) in [7, 11) is 0. The van der Waals surface area contributed by atoms with Crippen molar-refractivity contribution in [1.82, 2.24) is 14.8 Å². The number of carbonyl (C=O) groups is 1. The van der Waals surface area contributed by atoms with Gasteiger partial charge in [0.2, 0.25) is 0 Å². The number of carboxylic acid groups (broad SMARTS) is 1. The van der Waals surface area contributed by atoms with Gasteiger partial charge in [0.25, 0.3) is 0 Å². The number of fused-ring (bicyclic) bond motifs is 1. The largest absolute Gasteiger partial charge is 0.478 e. The molecule has 20 heavy (non-hydrogen) atoms. The summed E-state index contributed by atoms with van der Waals surface area (Å²) in [5.41, 5.74) is 2.91. The van der Waals surface area contributed by atoms with Crippen molar-refractivity contribution in [2.45, 2.75) is 13.5 Å². The molecular formula is C15H13N3O2. The van der Waals surface area contributed by atoms with Crippen molar-refractivity contribution in [2.75, 3.05) is 0 Å². The van der Waals surface area contributed by atoms with Gasteiger partial charge in [-0.25, -0.2) is 4.79 Å². The minimum absolute atomic E-state index is 0.243. The number of hydrogen-bond acceptors (Lipinski definition) is 3. The lowest BCUT2D eigenvalue weighted by molar-refractivity contribution is 0.0696. The fraction of sp³-hybridized carbons (Fsp3) is 0.133. The molecule has 2 heterocycles. The van der Waals surface area contributed by atoms with E-state index < -0.39 is 5.97 Å². The van der Waals surface area contributed by atoms with Crippen molar-refractivity contribution >= 4 is 16.9 Å². The van der Waals surface area contributed by atoms with E-state index in [1.807, 2.05) is 30.3 Å². The fourth-order valence-electron chi connectivity index (χ4n) is 2.21. The van der Waals surface area contributed by atoms with Crippen LogP contribution >= 0.6 is 0 Å². The van der Waals surface area contributed by atoms with Crippen molar-refractivity contribution in [1.29, 1.82) is 0 Å². The zero-order valence-electron chi connectivity index (χ0n) is 10.9.